The van der Waals surface area contributed by atoms with Gasteiger partial charge in [0.25, 0.3) is 0 Å². The van der Waals surface area contributed by atoms with E-state index in [1.807, 2.05) is 65.0 Å². The Kier molecular flexibility index (Phi) is 13.9. The molecule has 0 saturated carbocycles. The number of hydrogen-bond donors (Lipinski definition) is 3. The summed E-state index contributed by atoms with van der Waals surface area (Å²) in [6.07, 6.45) is 3.55. The number of ketones is 1. The second-order valence-electron chi connectivity index (χ2n) is 14.9. The first-order valence-electron chi connectivity index (χ1n) is 17.9. The molecule has 3 aliphatic heterocycles. The molecular formula is C37H54N6O6S. The van der Waals surface area contributed by atoms with Crippen molar-refractivity contribution in [1.29, 1.82) is 5.26 Å². The van der Waals surface area contributed by atoms with Crippen molar-refractivity contribution in [3.8, 4) is 6.07 Å². The van der Waals surface area contributed by atoms with Crippen molar-refractivity contribution in [3.05, 3.63) is 35.9 Å². The zero-order valence-electron chi connectivity index (χ0n) is 30.2. The van der Waals surface area contributed by atoms with Gasteiger partial charge in [0.05, 0.1) is 6.04 Å². The molecular weight excluding hydrogens is 657 g/mol. The number of nitriles is 1. The third-order valence-corrected chi connectivity index (χ3v) is 11.7. The molecule has 50 heavy (non-hydrogen) atoms. The van der Waals surface area contributed by atoms with E-state index in [-0.39, 0.29) is 35.2 Å². The van der Waals surface area contributed by atoms with Crippen LogP contribution in [0.2, 0.25) is 0 Å². The lowest BCUT2D eigenvalue weighted by Crippen LogP contribution is -2.57. The average molecular weight is 711 g/mol. The minimum atomic E-state index is -1.05. The van der Waals surface area contributed by atoms with Gasteiger partial charge in [-0.25, -0.2) is 9.59 Å². The Morgan fingerprint density at radius 3 is 2.26 bits per heavy atom. The van der Waals surface area contributed by atoms with Gasteiger partial charge in [-0.05, 0) is 88.7 Å². The van der Waals surface area contributed by atoms with E-state index in [9.17, 15) is 29.2 Å². The summed E-state index contributed by atoms with van der Waals surface area (Å²) in [5, 5.41) is 18.7. The normalized spacial score (nSPS) is 19.7. The van der Waals surface area contributed by atoms with Gasteiger partial charge in [0.15, 0.2) is 0 Å². The minimum Gasteiger partial charge on any atom is -0.444 e. The molecule has 4 rings (SSSR count). The molecule has 0 aliphatic carbocycles. The molecule has 274 valence electrons. The summed E-state index contributed by atoms with van der Waals surface area (Å²) in [7, 11) is -0.466. The molecule has 0 radical (unpaired) electrons. The smallest absolute Gasteiger partial charge is 0.410 e. The van der Waals surface area contributed by atoms with Gasteiger partial charge in [0.2, 0.25) is 17.6 Å². The number of piperidine rings is 1. The van der Waals surface area contributed by atoms with E-state index in [1.54, 1.807) is 9.80 Å². The molecule has 0 spiro atoms. The fourth-order valence-electron chi connectivity index (χ4n) is 6.71. The molecule has 5 amide bonds. The van der Waals surface area contributed by atoms with Crippen molar-refractivity contribution in [1.82, 2.24) is 25.8 Å². The van der Waals surface area contributed by atoms with Crippen LogP contribution >= 0.6 is 10.5 Å². The molecule has 0 aromatic heterocycles. The number of carbonyl (C=O) groups is 5. The molecule has 1 aromatic carbocycles. The lowest BCUT2D eigenvalue weighted by atomic mass is 9.94. The lowest BCUT2D eigenvalue weighted by Gasteiger charge is -2.39. The van der Waals surface area contributed by atoms with Crippen LogP contribution in [0, 0.1) is 23.2 Å². The maximum absolute atomic E-state index is 14.2. The number of benzene rings is 1. The highest BCUT2D eigenvalue weighted by molar-refractivity contribution is 8.17. The van der Waals surface area contributed by atoms with E-state index >= 15 is 0 Å². The Morgan fingerprint density at radius 2 is 1.70 bits per heavy atom. The largest absolute Gasteiger partial charge is 0.444 e. The molecule has 12 nitrogen and oxygen atoms in total. The summed E-state index contributed by atoms with van der Waals surface area (Å²) in [4.78, 5) is 71.0. The number of carbonyl (C=O) groups excluding carboxylic acids is 5. The fraction of sp³-hybridized carbons (Fsp3) is 0.649. The molecule has 0 unspecified atom stereocenters. The van der Waals surface area contributed by atoms with Crippen molar-refractivity contribution in [2.45, 2.75) is 110 Å². The first kappa shape index (κ1) is 38.9. The van der Waals surface area contributed by atoms with Crippen molar-refractivity contribution in [3.63, 3.8) is 0 Å². The van der Waals surface area contributed by atoms with Gasteiger partial charge in [-0.1, -0.05) is 44.2 Å². The van der Waals surface area contributed by atoms with Crippen LogP contribution in [0.1, 0.15) is 85.1 Å². The maximum atomic E-state index is 14.2. The molecule has 3 fully saturated rings. The quantitative estimate of drug-likeness (QED) is 0.272. The first-order chi connectivity index (χ1) is 23.8. The van der Waals surface area contributed by atoms with Crippen LogP contribution in [-0.4, -0.2) is 99.3 Å². The van der Waals surface area contributed by atoms with Gasteiger partial charge in [-0.15, -0.1) is 0 Å². The topological polar surface area (TPSA) is 161 Å². The van der Waals surface area contributed by atoms with Gasteiger partial charge in [0.1, 0.15) is 22.6 Å². The van der Waals surface area contributed by atoms with Crippen molar-refractivity contribution < 1.29 is 28.7 Å². The summed E-state index contributed by atoms with van der Waals surface area (Å²) in [5.74, 6) is 0.0142. The maximum Gasteiger partial charge on any atom is 0.410 e. The zero-order chi connectivity index (χ0) is 36.4. The number of rotatable bonds is 12. The zero-order valence-corrected chi connectivity index (χ0v) is 31.0. The van der Waals surface area contributed by atoms with Gasteiger partial charge < -0.3 is 30.5 Å². The third kappa shape index (κ3) is 11.0. The minimum absolute atomic E-state index is 0.0293. The number of amides is 5. The SMILES string of the molecule is CC(C)C[C@H](NC(=O)N(Cc1ccccc1)C1CCN(C(=O)OC(C)(C)C)CC1)C(=O)N[C@@H](C[C@@H]1CCNC1=O)C(=O)C(C#N)=S1CCCC1. The summed E-state index contributed by atoms with van der Waals surface area (Å²) in [5.41, 5.74) is 0.312. The standard InChI is InChI=1S/C37H54N6O6S/c1-25(2)21-30(34(46)40-29(22-27-13-16-39-33(27)45)32(44)31(23-38)50-19-9-10-20-50)41-35(47)43(24-26-11-7-6-8-12-26)28-14-17-42(18-15-28)36(48)49-37(3,4)5/h6-8,11-12,25,27-30H,9-10,13-22,24H2,1-5H3,(H,39,45)(H,40,46)(H,41,47)/t27-,29-,30-/m0/s1. The summed E-state index contributed by atoms with van der Waals surface area (Å²) in [6.45, 7) is 11.0. The Hall–Kier alpha value is -3.92. The first-order valence-corrected chi connectivity index (χ1v) is 19.5. The van der Waals surface area contributed by atoms with Crippen LogP contribution in [0.4, 0.5) is 9.59 Å². The molecule has 3 atom stereocenters. The monoisotopic (exact) mass is 710 g/mol. The van der Waals surface area contributed by atoms with E-state index in [4.69, 9.17) is 4.74 Å². The molecule has 13 heteroatoms. The van der Waals surface area contributed by atoms with Crippen LogP contribution in [0.25, 0.3) is 0 Å². The highest BCUT2D eigenvalue weighted by Crippen LogP contribution is 2.28. The van der Waals surface area contributed by atoms with Crippen LogP contribution in [0.3, 0.4) is 0 Å². The Labute approximate surface area is 299 Å². The second-order valence-corrected chi connectivity index (χ2v) is 17.1. The lowest BCUT2D eigenvalue weighted by molar-refractivity contribution is -0.128. The van der Waals surface area contributed by atoms with E-state index in [1.165, 1.54) is 0 Å². The van der Waals surface area contributed by atoms with E-state index in [0.29, 0.717) is 51.9 Å². The fourth-order valence-corrected chi connectivity index (χ4v) is 8.98. The van der Waals surface area contributed by atoms with Gasteiger partial charge in [0, 0.05) is 38.1 Å². The number of ether oxygens (including phenoxy) is 1. The van der Waals surface area contributed by atoms with Crippen LogP contribution in [-0.2, 0) is 25.7 Å². The van der Waals surface area contributed by atoms with Crippen molar-refractivity contribution >= 4 is 45.1 Å². The van der Waals surface area contributed by atoms with Gasteiger partial charge in [-0.3, -0.25) is 14.4 Å². The van der Waals surface area contributed by atoms with Crippen LogP contribution in [0.5, 0.6) is 0 Å². The van der Waals surface area contributed by atoms with E-state index < -0.39 is 51.8 Å². The number of hydrogen-bond acceptors (Lipinski definition) is 7. The molecule has 1 aromatic rings. The Morgan fingerprint density at radius 1 is 1.04 bits per heavy atom. The number of Topliss-reactive ketones (excluding diaryl/α,β-unsaturated/α-hetero) is 1. The third-order valence-electron chi connectivity index (χ3n) is 9.30. The number of nitrogens with one attached hydrogen (secondary N) is 3. The predicted molar refractivity (Wildman–Crippen MR) is 194 cm³/mol. The molecule has 0 bridgehead atoms. The molecule has 3 heterocycles. The molecule has 3 saturated heterocycles. The van der Waals surface area contributed by atoms with Crippen LogP contribution in [0.15, 0.2) is 30.3 Å². The summed E-state index contributed by atoms with van der Waals surface area (Å²) < 4.78 is 5.56. The van der Waals surface area contributed by atoms with Gasteiger partial charge >= 0.3 is 12.1 Å². The Balaban J connectivity index is 1.54. The second kappa shape index (κ2) is 17.8. The highest BCUT2D eigenvalue weighted by Gasteiger charge is 2.37. The molecule has 3 N–H and O–H groups in total. The average Bonchev–Trinajstić information content (AvgIpc) is 3.75. The molecule has 3 aliphatic rings. The van der Waals surface area contributed by atoms with Crippen molar-refractivity contribution in [2.75, 3.05) is 31.1 Å². The van der Waals surface area contributed by atoms with Gasteiger partial charge in [-0.2, -0.15) is 15.7 Å². The predicted octanol–water partition coefficient (Wildman–Crippen LogP) is 4.35. The number of urea groups is 1. The van der Waals surface area contributed by atoms with E-state index in [2.05, 4.69) is 22.0 Å². The Bertz CT molecular complexity index is 1450. The van der Waals surface area contributed by atoms with Crippen LogP contribution < -0.4 is 16.0 Å². The summed E-state index contributed by atoms with van der Waals surface area (Å²) >= 11 is 0. The van der Waals surface area contributed by atoms with Crippen molar-refractivity contribution in [2.24, 2.45) is 11.8 Å². The van der Waals surface area contributed by atoms with E-state index in [0.717, 1.165) is 29.9 Å². The number of likely N-dealkylation sites (tertiary alicyclic amines) is 1. The number of nitrogens with zero attached hydrogens (tertiary/aromatic N) is 3. The highest BCUT2D eigenvalue weighted by atomic mass is 32.2. The summed E-state index contributed by atoms with van der Waals surface area (Å²) in [6, 6.07) is 9.12.